The van der Waals surface area contributed by atoms with Gasteiger partial charge in [-0.25, -0.2) is 0 Å². The van der Waals surface area contributed by atoms with Crippen molar-refractivity contribution < 1.29 is 0 Å². The van der Waals surface area contributed by atoms with E-state index in [2.05, 4.69) is 15.4 Å². The van der Waals surface area contributed by atoms with Gasteiger partial charge in [-0.05, 0) is 44.1 Å². The number of hydrogen-bond acceptors (Lipinski definition) is 3. The average molecular weight is 321 g/mol. The van der Waals surface area contributed by atoms with Gasteiger partial charge in [0.1, 0.15) is 0 Å². The third kappa shape index (κ3) is 3.34. The first-order chi connectivity index (χ1) is 8.72. The second-order valence-electron chi connectivity index (χ2n) is 4.89. The van der Waals surface area contributed by atoms with Crippen LogP contribution in [0.4, 0.5) is 5.69 Å². The summed E-state index contributed by atoms with van der Waals surface area (Å²) in [6, 6.07) is 5.39. The summed E-state index contributed by atoms with van der Waals surface area (Å²) in [7, 11) is 0. The Balaban J connectivity index is 0.00000133. The Hall–Kier alpha value is -0.480. The van der Waals surface area contributed by atoms with Crippen LogP contribution in [0, 0.1) is 5.92 Å². The molecule has 3 fully saturated rings. The Bertz CT molecular complexity index is 482. The number of fused-ring (bicyclic) bond motifs is 3. The molecule has 0 aliphatic carbocycles. The fourth-order valence-corrected chi connectivity index (χ4v) is 3.07. The monoisotopic (exact) mass is 319 g/mol. The Kier molecular flexibility index (Phi) is 4.96. The van der Waals surface area contributed by atoms with Crippen molar-refractivity contribution in [3.8, 4) is 0 Å². The van der Waals surface area contributed by atoms with Crippen LogP contribution in [0.15, 0.2) is 23.3 Å². The summed E-state index contributed by atoms with van der Waals surface area (Å²) in [5.74, 6) is 0.647. The molecule has 0 amide bonds. The molecule has 0 aromatic heterocycles. The minimum Gasteiger partial charge on any atom is -0.298 e. The first kappa shape index (κ1) is 14.9. The van der Waals surface area contributed by atoms with Crippen LogP contribution < -0.4 is 5.43 Å². The highest BCUT2D eigenvalue weighted by Crippen LogP contribution is 2.28. The van der Waals surface area contributed by atoms with Crippen LogP contribution in [0.2, 0.25) is 10.0 Å². The molecule has 0 unspecified atom stereocenters. The fourth-order valence-electron chi connectivity index (χ4n) is 2.62. The van der Waals surface area contributed by atoms with E-state index < -0.39 is 0 Å². The number of hydrogen-bond donors (Lipinski definition) is 1. The van der Waals surface area contributed by atoms with Gasteiger partial charge in [0.2, 0.25) is 0 Å². The molecule has 3 aliphatic heterocycles. The van der Waals surface area contributed by atoms with E-state index in [-0.39, 0.29) is 12.4 Å². The highest BCUT2D eigenvalue weighted by atomic mass is 35.5. The molecular formula is C13H16Cl3N3. The van der Waals surface area contributed by atoms with Crippen molar-refractivity contribution in [3.05, 3.63) is 28.2 Å². The number of piperidine rings is 3. The topological polar surface area (TPSA) is 27.6 Å². The van der Waals surface area contributed by atoms with Crippen LogP contribution >= 0.6 is 35.6 Å². The lowest BCUT2D eigenvalue weighted by atomic mass is 9.87. The van der Waals surface area contributed by atoms with Gasteiger partial charge < -0.3 is 0 Å². The van der Waals surface area contributed by atoms with E-state index in [1.807, 2.05) is 12.1 Å². The Morgan fingerprint density at radius 3 is 2.53 bits per heavy atom. The SMILES string of the molecule is Cl.Clc1ccc(N/N=C2/CN3CCC2CC3)c(Cl)c1. The van der Waals surface area contributed by atoms with E-state index in [9.17, 15) is 0 Å². The minimum atomic E-state index is 0. The first-order valence-corrected chi connectivity index (χ1v) is 6.98. The fraction of sp³-hybridized carbons (Fsp3) is 0.462. The van der Waals surface area contributed by atoms with E-state index in [1.165, 1.54) is 31.6 Å². The maximum absolute atomic E-state index is 6.10. The molecule has 104 valence electrons. The van der Waals surface area contributed by atoms with Crippen molar-refractivity contribution in [1.82, 2.24) is 4.90 Å². The minimum absolute atomic E-state index is 0. The van der Waals surface area contributed by atoms with Crippen molar-refractivity contribution in [2.45, 2.75) is 12.8 Å². The van der Waals surface area contributed by atoms with Crippen LogP contribution in [0.5, 0.6) is 0 Å². The summed E-state index contributed by atoms with van der Waals surface area (Å²) in [5, 5.41) is 5.77. The Morgan fingerprint density at radius 2 is 1.95 bits per heavy atom. The molecule has 19 heavy (non-hydrogen) atoms. The summed E-state index contributed by atoms with van der Waals surface area (Å²) in [6.45, 7) is 3.42. The van der Waals surface area contributed by atoms with E-state index >= 15 is 0 Å². The number of hydrazone groups is 1. The van der Waals surface area contributed by atoms with Crippen LogP contribution in [-0.4, -0.2) is 30.2 Å². The highest BCUT2D eigenvalue weighted by Gasteiger charge is 2.30. The zero-order valence-electron chi connectivity index (χ0n) is 10.4. The molecule has 3 saturated heterocycles. The summed E-state index contributed by atoms with van der Waals surface area (Å²) < 4.78 is 0. The molecule has 0 saturated carbocycles. The maximum atomic E-state index is 6.10. The van der Waals surface area contributed by atoms with Crippen LogP contribution in [0.1, 0.15) is 12.8 Å². The van der Waals surface area contributed by atoms with Crippen LogP contribution in [0.3, 0.4) is 0 Å². The number of halogens is 3. The van der Waals surface area contributed by atoms with Crippen LogP contribution in [0.25, 0.3) is 0 Å². The van der Waals surface area contributed by atoms with Gasteiger partial charge in [-0.1, -0.05) is 23.2 Å². The molecule has 0 radical (unpaired) electrons. The predicted octanol–water partition coefficient (Wildman–Crippen LogP) is 3.91. The molecule has 6 heteroatoms. The second kappa shape index (κ2) is 6.31. The van der Waals surface area contributed by atoms with Crippen molar-refractivity contribution in [2.75, 3.05) is 25.1 Å². The standard InChI is InChI=1S/C13H15Cl2N3.ClH/c14-10-1-2-12(11(15)7-10)16-17-13-8-18-5-3-9(13)4-6-18;/h1-2,7,9,16H,3-6,8H2;1H/b17-13-;. The molecule has 2 bridgehead atoms. The molecule has 3 nitrogen and oxygen atoms in total. The smallest absolute Gasteiger partial charge is 0.0749 e. The molecular weight excluding hydrogens is 305 g/mol. The molecule has 1 aromatic rings. The Labute approximate surface area is 129 Å². The van der Waals surface area contributed by atoms with E-state index in [1.54, 1.807) is 6.07 Å². The van der Waals surface area contributed by atoms with Gasteiger partial charge in [-0.2, -0.15) is 5.10 Å². The van der Waals surface area contributed by atoms with Gasteiger partial charge in [0.15, 0.2) is 0 Å². The largest absolute Gasteiger partial charge is 0.298 e. The van der Waals surface area contributed by atoms with Crippen molar-refractivity contribution in [2.24, 2.45) is 11.0 Å². The van der Waals surface area contributed by atoms with Crippen molar-refractivity contribution >= 4 is 47.0 Å². The van der Waals surface area contributed by atoms with Crippen LogP contribution in [-0.2, 0) is 0 Å². The molecule has 4 rings (SSSR count). The van der Waals surface area contributed by atoms with Gasteiger partial charge in [0, 0.05) is 17.5 Å². The maximum Gasteiger partial charge on any atom is 0.0749 e. The molecule has 3 aliphatic rings. The van der Waals surface area contributed by atoms with Gasteiger partial charge in [0.05, 0.1) is 16.4 Å². The third-order valence-corrected chi connectivity index (χ3v) is 4.24. The third-order valence-electron chi connectivity index (χ3n) is 3.70. The van der Waals surface area contributed by atoms with Gasteiger partial charge in [0.25, 0.3) is 0 Å². The number of nitrogens with zero attached hydrogens (tertiary/aromatic N) is 2. The second-order valence-corrected chi connectivity index (χ2v) is 5.73. The average Bonchev–Trinajstić information content (AvgIpc) is 2.39. The quantitative estimate of drug-likeness (QED) is 0.837. The van der Waals surface area contributed by atoms with Gasteiger partial charge in [-0.15, -0.1) is 12.4 Å². The lowest BCUT2D eigenvalue weighted by Crippen LogP contribution is -2.48. The van der Waals surface area contributed by atoms with Crippen molar-refractivity contribution in [1.29, 1.82) is 0 Å². The summed E-state index contributed by atoms with van der Waals surface area (Å²) in [6.07, 6.45) is 2.46. The number of nitrogens with one attached hydrogen (secondary N) is 1. The molecule has 0 spiro atoms. The number of anilines is 1. The molecule has 1 N–H and O–H groups in total. The number of benzene rings is 1. The molecule has 3 heterocycles. The number of rotatable bonds is 2. The van der Waals surface area contributed by atoms with Crippen molar-refractivity contribution in [3.63, 3.8) is 0 Å². The lowest BCUT2D eigenvalue weighted by Gasteiger charge is -2.39. The Morgan fingerprint density at radius 1 is 1.21 bits per heavy atom. The van der Waals surface area contributed by atoms with E-state index in [0.29, 0.717) is 16.0 Å². The first-order valence-electron chi connectivity index (χ1n) is 6.22. The molecule has 0 atom stereocenters. The van der Waals surface area contributed by atoms with E-state index in [4.69, 9.17) is 23.2 Å². The van der Waals surface area contributed by atoms with Gasteiger partial charge >= 0.3 is 0 Å². The molecule has 1 aromatic carbocycles. The normalized spacial score (nSPS) is 27.2. The highest BCUT2D eigenvalue weighted by molar-refractivity contribution is 6.36. The zero-order chi connectivity index (χ0) is 12.5. The zero-order valence-corrected chi connectivity index (χ0v) is 12.7. The van der Waals surface area contributed by atoms with Gasteiger partial charge in [-0.3, -0.25) is 10.3 Å². The lowest BCUT2D eigenvalue weighted by molar-refractivity contribution is 0.200. The summed E-state index contributed by atoms with van der Waals surface area (Å²) >= 11 is 12.0. The predicted molar refractivity (Wildman–Crippen MR) is 83.9 cm³/mol. The summed E-state index contributed by atoms with van der Waals surface area (Å²) in [4.78, 5) is 2.45. The van der Waals surface area contributed by atoms with E-state index in [0.717, 1.165) is 12.2 Å². The summed E-state index contributed by atoms with van der Waals surface area (Å²) in [5.41, 5.74) is 5.12.